The zero-order valence-electron chi connectivity index (χ0n) is 15.5. The molecule has 0 spiro atoms. The van der Waals surface area contributed by atoms with Crippen LogP contribution in [0.25, 0.3) is 0 Å². The molecule has 1 N–H and O–H groups in total. The van der Waals surface area contributed by atoms with E-state index in [1.807, 2.05) is 0 Å². The minimum Gasteiger partial charge on any atom is -0.481 e. The molecule has 3 saturated carbocycles. The Kier molecular flexibility index (Phi) is 3.33. The number of rotatable bonds is 3. The molecular formula is C21H30O4. The molecule has 138 valence electrons. The normalized spacial score (nSPS) is 51.2. The highest BCUT2D eigenvalue weighted by molar-refractivity contribution is 5.83. The van der Waals surface area contributed by atoms with Gasteiger partial charge in [0.15, 0.2) is 6.29 Å². The summed E-state index contributed by atoms with van der Waals surface area (Å²) >= 11 is 0. The van der Waals surface area contributed by atoms with Gasteiger partial charge in [0.2, 0.25) is 0 Å². The molecule has 0 amide bonds. The quantitative estimate of drug-likeness (QED) is 0.792. The summed E-state index contributed by atoms with van der Waals surface area (Å²) in [4.78, 5) is 12.8. The lowest BCUT2D eigenvalue weighted by Crippen LogP contribution is -2.50. The molecule has 1 saturated heterocycles. The van der Waals surface area contributed by atoms with E-state index in [1.165, 1.54) is 18.4 Å². The van der Waals surface area contributed by atoms with Gasteiger partial charge in [0.25, 0.3) is 0 Å². The number of hydrogen-bond donors (Lipinski definition) is 1. The van der Waals surface area contributed by atoms with Crippen molar-refractivity contribution in [3.8, 4) is 0 Å². The first-order valence-electron chi connectivity index (χ1n) is 10.1. The van der Waals surface area contributed by atoms with Crippen molar-refractivity contribution in [1.29, 1.82) is 0 Å². The molecule has 4 nitrogen and oxygen atoms in total. The molecule has 0 aromatic carbocycles. The average Bonchev–Trinajstić information content (AvgIpc) is 3.30. The minimum absolute atomic E-state index is 0.143. The van der Waals surface area contributed by atoms with E-state index in [0.29, 0.717) is 25.0 Å². The van der Waals surface area contributed by atoms with E-state index in [1.54, 1.807) is 0 Å². The summed E-state index contributed by atoms with van der Waals surface area (Å²) in [5, 5.41) is 10.5. The Morgan fingerprint density at radius 1 is 1.24 bits per heavy atom. The van der Waals surface area contributed by atoms with Gasteiger partial charge in [-0.25, -0.2) is 0 Å². The highest BCUT2D eigenvalue weighted by Crippen LogP contribution is 2.77. The molecule has 4 fully saturated rings. The number of carboxylic acid groups (broad SMARTS) is 1. The van der Waals surface area contributed by atoms with Crippen LogP contribution in [-0.2, 0) is 14.3 Å². The van der Waals surface area contributed by atoms with E-state index < -0.39 is 11.4 Å². The van der Waals surface area contributed by atoms with Gasteiger partial charge in [0.1, 0.15) is 0 Å². The van der Waals surface area contributed by atoms with Crippen molar-refractivity contribution in [1.82, 2.24) is 0 Å². The Balaban J connectivity index is 1.69. The lowest BCUT2D eigenvalue weighted by molar-refractivity contribution is -0.161. The molecule has 1 heterocycles. The minimum atomic E-state index is -0.672. The SMILES string of the molecule is CC(C)C1=CC2(C3OCCO3)CC3C4CCC(C)C4CC2C13C(=O)O. The first-order chi connectivity index (χ1) is 11.9. The average molecular weight is 346 g/mol. The van der Waals surface area contributed by atoms with Crippen molar-refractivity contribution in [2.75, 3.05) is 13.2 Å². The maximum absolute atomic E-state index is 12.8. The van der Waals surface area contributed by atoms with Crippen molar-refractivity contribution in [2.24, 2.45) is 46.3 Å². The van der Waals surface area contributed by atoms with Crippen molar-refractivity contribution >= 4 is 5.97 Å². The predicted octanol–water partition coefficient (Wildman–Crippen LogP) is 3.71. The molecule has 5 aliphatic rings. The summed E-state index contributed by atoms with van der Waals surface area (Å²) in [6.45, 7) is 7.96. The Labute approximate surface area is 150 Å². The van der Waals surface area contributed by atoms with Gasteiger partial charge in [-0.3, -0.25) is 4.79 Å². The summed E-state index contributed by atoms with van der Waals surface area (Å²) in [5.41, 5.74) is 0.274. The van der Waals surface area contributed by atoms with Gasteiger partial charge in [-0.2, -0.15) is 0 Å². The summed E-state index contributed by atoms with van der Waals surface area (Å²) in [6, 6.07) is 0. The fourth-order valence-electron chi connectivity index (χ4n) is 7.80. The van der Waals surface area contributed by atoms with Crippen LogP contribution in [0.2, 0.25) is 0 Å². The molecule has 25 heavy (non-hydrogen) atoms. The molecule has 4 bridgehead atoms. The second kappa shape index (κ2) is 5.10. The molecule has 4 aliphatic carbocycles. The van der Waals surface area contributed by atoms with Gasteiger partial charge in [-0.1, -0.05) is 38.8 Å². The van der Waals surface area contributed by atoms with Crippen molar-refractivity contribution in [2.45, 2.75) is 52.7 Å². The summed E-state index contributed by atoms with van der Waals surface area (Å²) in [6.07, 6.45) is 6.51. The number of carboxylic acids is 1. The van der Waals surface area contributed by atoms with E-state index in [4.69, 9.17) is 9.47 Å². The van der Waals surface area contributed by atoms with Crippen LogP contribution < -0.4 is 0 Å². The largest absolute Gasteiger partial charge is 0.481 e. The van der Waals surface area contributed by atoms with Crippen LogP contribution in [-0.4, -0.2) is 30.6 Å². The smallest absolute Gasteiger partial charge is 0.314 e. The second-order valence-electron chi connectivity index (χ2n) is 9.60. The Bertz CT molecular complexity index is 634. The number of fused-ring (bicyclic) bond motifs is 2. The van der Waals surface area contributed by atoms with E-state index in [0.717, 1.165) is 18.8 Å². The molecule has 7 atom stereocenters. The van der Waals surface area contributed by atoms with Crippen LogP contribution in [0.5, 0.6) is 0 Å². The van der Waals surface area contributed by atoms with Crippen LogP contribution in [0, 0.1) is 46.3 Å². The first-order valence-corrected chi connectivity index (χ1v) is 10.1. The van der Waals surface area contributed by atoms with Gasteiger partial charge < -0.3 is 14.6 Å². The molecule has 0 aromatic rings. The van der Waals surface area contributed by atoms with Crippen molar-refractivity contribution < 1.29 is 19.4 Å². The van der Waals surface area contributed by atoms with Gasteiger partial charge in [-0.05, 0) is 54.8 Å². The number of aliphatic carboxylic acids is 1. The monoisotopic (exact) mass is 346 g/mol. The second-order valence-corrected chi connectivity index (χ2v) is 9.60. The first kappa shape index (κ1) is 16.3. The van der Waals surface area contributed by atoms with E-state index in [-0.39, 0.29) is 29.5 Å². The molecule has 1 aliphatic heterocycles. The highest BCUT2D eigenvalue weighted by Gasteiger charge is 2.77. The van der Waals surface area contributed by atoms with Crippen LogP contribution >= 0.6 is 0 Å². The topological polar surface area (TPSA) is 55.8 Å². The molecule has 0 aromatic heterocycles. The van der Waals surface area contributed by atoms with Crippen LogP contribution in [0.15, 0.2) is 11.6 Å². The van der Waals surface area contributed by atoms with Gasteiger partial charge in [0.05, 0.1) is 18.6 Å². The van der Waals surface area contributed by atoms with E-state index in [9.17, 15) is 9.90 Å². The lowest BCUT2D eigenvalue weighted by atomic mass is 9.54. The van der Waals surface area contributed by atoms with E-state index in [2.05, 4.69) is 26.8 Å². The number of carbonyl (C=O) groups is 1. The fourth-order valence-corrected chi connectivity index (χ4v) is 7.80. The Hall–Kier alpha value is -0.870. The summed E-state index contributed by atoms with van der Waals surface area (Å²) < 4.78 is 12.0. The molecule has 5 rings (SSSR count). The van der Waals surface area contributed by atoms with Crippen LogP contribution in [0.1, 0.15) is 46.5 Å². The summed E-state index contributed by atoms with van der Waals surface area (Å²) in [5.74, 6) is 2.05. The van der Waals surface area contributed by atoms with Crippen LogP contribution in [0.3, 0.4) is 0 Å². The fraction of sp³-hybridized carbons (Fsp3) is 0.857. The lowest BCUT2D eigenvalue weighted by Gasteiger charge is -2.48. The Morgan fingerprint density at radius 2 is 1.96 bits per heavy atom. The number of ether oxygens (including phenoxy) is 2. The third-order valence-electron chi connectivity index (χ3n) is 8.56. The zero-order chi connectivity index (χ0) is 17.6. The maximum Gasteiger partial charge on any atom is 0.314 e. The molecule has 4 heteroatoms. The zero-order valence-corrected chi connectivity index (χ0v) is 15.5. The van der Waals surface area contributed by atoms with Gasteiger partial charge >= 0.3 is 5.97 Å². The molecule has 7 unspecified atom stereocenters. The van der Waals surface area contributed by atoms with E-state index >= 15 is 0 Å². The molecule has 0 radical (unpaired) electrons. The number of hydrogen-bond acceptors (Lipinski definition) is 3. The van der Waals surface area contributed by atoms with Crippen LogP contribution in [0.4, 0.5) is 0 Å². The Morgan fingerprint density at radius 3 is 2.60 bits per heavy atom. The third kappa shape index (κ3) is 1.74. The standard InChI is InChI=1S/C21H30O4/c1-11(2)15-9-20(19-24-6-7-25-19)10-16-13-5-4-12(3)14(13)8-17(20)21(15,16)18(22)23/h9,11-14,16-17,19H,4-8,10H2,1-3H3,(H,22,23). The highest BCUT2D eigenvalue weighted by atomic mass is 16.7. The van der Waals surface area contributed by atoms with Crippen molar-refractivity contribution in [3.05, 3.63) is 11.6 Å². The molecular weight excluding hydrogens is 316 g/mol. The van der Waals surface area contributed by atoms with Gasteiger partial charge in [-0.15, -0.1) is 0 Å². The third-order valence-corrected chi connectivity index (χ3v) is 8.56. The summed E-state index contributed by atoms with van der Waals surface area (Å²) in [7, 11) is 0. The predicted molar refractivity (Wildman–Crippen MR) is 92.7 cm³/mol. The van der Waals surface area contributed by atoms with Gasteiger partial charge in [0, 0.05) is 5.41 Å². The van der Waals surface area contributed by atoms with Crippen molar-refractivity contribution in [3.63, 3.8) is 0 Å². The maximum atomic E-state index is 12.8.